The summed E-state index contributed by atoms with van der Waals surface area (Å²) < 4.78 is 0. The zero-order chi connectivity index (χ0) is 11.3. The molecule has 0 heterocycles. The second-order valence-electron chi connectivity index (χ2n) is 4.93. The van der Waals surface area contributed by atoms with Crippen molar-refractivity contribution < 1.29 is 9.90 Å². The van der Waals surface area contributed by atoms with Gasteiger partial charge >= 0.3 is 0 Å². The van der Waals surface area contributed by atoms with Crippen molar-refractivity contribution in [1.29, 1.82) is 0 Å². The van der Waals surface area contributed by atoms with Crippen LogP contribution in [0.3, 0.4) is 0 Å². The second kappa shape index (κ2) is 5.47. The van der Waals surface area contributed by atoms with Gasteiger partial charge in [0.2, 0.25) is 5.91 Å². The van der Waals surface area contributed by atoms with Crippen LogP contribution in [0.15, 0.2) is 0 Å². The molecule has 0 radical (unpaired) electrons. The van der Waals surface area contributed by atoms with Gasteiger partial charge in [0.05, 0.1) is 5.60 Å². The van der Waals surface area contributed by atoms with E-state index in [1.165, 1.54) is 0 Å². The van der Waals surface area contributed by atoms with E-state index in [0.29, 0.717) is 19.0 Å². The van der Waals surface area contributed by atoms with Gasteiger partial charge in [-0.3, -0.25) is 4.79 Å². The van der Waals surface area contributed by atoms with Crippen LogP contribution in [0.25, 0.3) is 0 Å². The van der Waals surface area contributed by atoms with Gasteiger partial charge in [0.25, 0.3) is 0 Å². The summed E-state index contributed by atoms with van der Waals surface area (Å²) in [5.41, 5.74) is -0.670. The normalized spacial score (nSPS) is 16.5. The van der Waals surface area contributed by atoms with E-state index in [1.54, 1.807) is 13.8 Å². The minimum absolute atomic E-state index is 0.155. The van der Waals surface area contributed by atoms with Crippen molar-refractivity contribution >= 4 is 5.91 Å². The molecule has 3 N–H and O–H groups in total. The van der Waals surface area contributed by atoms with Gasteiger partial charge in [-0.25, -0.2) is 0 Å². The fraction of sp³-hybridized carbons (Fsp3) is 0.909. The zero-order valence-corrected chi connectivity index (χ0v) is 9.68. The van der Waals surface area contributed by atoms with Crippen molar-refractivity contribution in [2.45, 2.75) is 51.2 Å². The van der Waals surface area contributed by atoms with Gasteiger partial charge in [-0.1, -0.05) is 0 Å². The molecule has 15 heavy (non-hydrogen) atoms. The molecule has 0 unspecified atom stereocenters. The Hall–Kier alpha value is -0.610. The summed E-state index contributed by atoms with van der Waals surface area (Å²) in [5, 5.41) is 15.5. The predicted octanol–water partition coefficient (Wildman–Crippen LogP) is 0.406. The summed E-state index contributed by atoms with van der Waals surface area (Å²) in [4.78, 5) is 11.3. The van der Waals surface area contributed by atoms with Crippen molar-refractivity contribution in [2.24, 2.45) is 0 Å². The number of nitrogens with one attached hydrogen (secondary N) is 2. The molecule has 1 aliphatic carbocycles. The molecule has 1 rings (SSSR count). The van der Waals surface area contributed by atoms with Crippen LogP contribution < -0.4 is 10.6 Å². The average Bonchev–Trinajstić information content (AvgIpc) is 2.85. The largest absolute Gasteiger partial charge is 0.389 e. The zero-order valence-electron chi connectivity index (χ0n) is 9.68. The van der Waals surface area contributed by atoms with Gasteiger partial charge in [0.15, 0.2) is 0 Å². The van der Waals surface area contributed by atoms with Gasteiger partial charge in [-0.05, 0) is 39.7 Å². The lowest BCUT2D eigenvalue weighted by Gasteiger charge is -2.17. The van der Waals surface area contributed by atoms with Crippen LogP contribution in [-0.2, 0) is 4.79 Å². The van der Waals surface area contributed by atoms with Crippen LogP contribution in [0.5, 0.6) is 0 Å². The lowest BCUT2D eigenvalue weighted by Crippen LogP contribution is -2.35. The number of amides is 1. The summed E-state index contributed by atoms with van der Waals surface area (Å²) in [6.45, 7) is 4.87. The SMILES string of the molecule is CC(C)(O)CNCCCC(=O)NC1CC1. The molecule has 0 spiro atoms. The number of carbonyl (C=O) groups excluding carboxylic acids is 1. The Morgan fingerprint density at radius 2 is 2.13 bits per heavy atom. The molecule has 1 saturated carbocycles. The molecule has 0 aromatic rings. The molecular weight excluding hydrogens is 192 g/mol. The third kappa shape index (κ3) is 7.33. The van der Waals surface area contributed by atoms with E-state index in [4.69, 9.17) is 0 Å². The summed E-state index contributed by atoms with van der Waals surface area (Å²) in [6, 6.07) is 0.460. The first-order valence-corrected chi connectivity index (χ1v) is 5.70. The Morgan fingerprint density at radius 3 is 2.67 bits per heavy atom. The van der Waals surface area contributed by atoms with Crippen molar-refractivity contribution in [1.82, 2.24) is 10.6 Å². The molecular formula is C11H22N2O2. The molecule has 0 aromatic heterocycles. The Morgan fingerprint density at radius 1 is 1.47 bits per heavy atom. The Labute approximate surface area is 91.4 Å². The third-order valence-electron chi connectivity index (χ3n) is 2.26. The molecule has 0 bridgehead atoms. The first-order chi connectivity index (χ1) is 6.97. The van der Waals surface area contributed by atoms with Crippen molar-refractivity contribution in [3.8, 4) is 0 Å². The van der Waals surface area contributed by atoms with E-state index in [-0.39, 0.29) is 5.91 Å². The molecule has 1 fully saturated rings. The summed E-state index contributed by atoms with van der Waals surface area (Å²) in [5.74, 6) is 0.155. The topological polar surface area (TPSA) is 61.4 Å². The van der Waals surface area contributed by atoms with Gasteiger partial charge in [-0.2, -0.15) is 0 Å². The Bertz CT molecular complexity index is 207. The van der Waals surface area contributed by atoms with Gasteiger partial charge in [-0.15, -0.1) is 0 Å². The highest BCUT2D eigenvalue weighted by molar-refractivity contribution is 5.76. The standard InChI is InChI=1S/C11H22N2O2/c1-11(2,15)8-12-7-3-4-10(14)13-9-5-6-9/h9,12,15H,3-8H2,1-2H3,(H,13,14). The smallest absolute Gasteiger partial charge is 0.220 e. The third-order valence-corrected chi connectivity index (χ3v) is 2.26. The average molecular weight is 214 g/mol. The van der Waals surface area contributed by atoms with E-state index in [0.717, 1.165) is 25.8 Å². The molecule has 0 atom stereocenters. The molecule has 0 aromatic carbocycles. The predicted molar refractivity (Wildman–Crippen MR) is 59.6 cm³/mol. The summed E-state index contributed by atoms with van der Waals surface area (Å²) in [6.07, 6.45) is 3.69. The minimum Gasteiger partial charge on any atom is -0.389 e. The van der Waals surface area contributed by atoms with Crippen LogP contribution in [0.4, 0.5) is 0 Å². The van der Waals surface area contributed by atoms with Gasteiger partial charge in [0, 0.05) is 19.0 Å². The fourth-order valence-electron chi connectivity index (χ4n) is 1.30. The Balaban J connectivity index is 1.89. The van der Waals surface area contributed by atoms with Crippen LogP contribution in [-0.4, -0.2) is 35.7 Å². The summed E-state index contributed by atoms with van der Waals surface area (Å²) in [7, 11) is 0. The number of rotatable bonds is 7. The second-order valence-corrected chi connectivity index (χ2v) is 4.93. The number of hydrogen-bond donors (Lipinski definition) is 3. The van der Waals surface area contributed by atoms with Gasteiger partial charge in [0.1, 0.15) is 0 Å². The van der Waals surface area contributed by atoms with Crippen LogP contribution in [0.1, 0.15) is 39.5 Å². The van der Waals surface area contributed by atoms with E-state index in [9.17, 15) is 9.90 Å². The van der Waals surface area contributed by atoms with Crippen molar-refractivity contribution in [2.75, 3.05) is 13.1 Å². The molecule has 0 aliphatic heterocycles. The lowest BCUT2D eigenvalue weighted by molar-refractivity contribution is -0.121. The van der Waals surface area contributed by atoms with E-state index >= 15 is 0 Å². The molecule has 0 saturated heterocycles. The molecule has 4 nitrogen and oxygen atoms in total. The maximum atomic E-state index is 11.3. The monoisotopic (exact) mass is 214 g/mol. The van der Waals surface area contributed by atoms with Crippen LogP contribution >= 0.6 is 0 Å². The fourth-order valence-corrected chi connectivity index (χ4v) is 1.30. The highest BCUT2D eigenvalue weighted by Gasteiger charge is 2.22. The quantitative estimate of drug-likeness (QED) is 0.538. The summed E-state index contributed by atoms with van der Waals surface area (Å²) >= 11 is 0. The molecule has 88 valence electrons. The van der Waals surface area contributed by atoms with Crippen LogP contribution in [0.2, 0.25) is 0 Å². The van der Waals surface area contributed by atoms with Crippen molar-refractivity contribution in [3.05, 3.63) is 0 Å². The molecule has 1 aliphatic rings. The first kappa shape index (κ1) is 12.5. The van der Waals surface area contributed by atoms with E-state index < -0.39 is 5.60 Å². The lowest BCUT2D eigenvalue weighted by atomic mass is 10.1. The maximum Gasteiger partial charge on any atom is 0.220 e. The van der Waals surface area contributed by atoms with Crippen molar-refractivity contribution in [3.63, 3.8) is 0 Å². The number of carbonyl (C=O) groups is 1. The van der Waals surface area contributed by atoms with Gasteiger partial charge < -0.3 is 15.7 Å². The number of aliphatic hydroxyl groups is 1. The highest BCUT2D eigenvalue weighted by atomic mass is 16.3. The molecule has 4 heteroatoms. The van der Waals surface area contributed by atoms with E-state index in [2.05, 4.69) is 10.6 Å². The van der Waals surface area contributed by atoms with E-state index in [1.807, 2.05) is 0 Å². The van der Waals surface area contributed by atoms with Crippen LogP contribution in [0, 0.1) is 0 Å². The number of hydrogen-bond acceptors (Lipinski definition) is 3. The minimum atomic E-state index is -0.670. The maximum absolute atomic E-state index is 11.3. The Kier molecular flexibility index (Phi) is 4.54. The molecule has 1 amide bonds. The first-order valence-electron chi connectivity index (χ1n) is 5.70. The highest BCUT2D eigenvalue weighted by Crippen LogP contribution is 2.18.